The molecular formula is C41H56O6P2. The van der Waals surface area contributed by atoms with Crippen LogP contribution in [0.2, 0.25) is 0 Å². The first-order valence-corrected chi connectivity index (χ1v) is 19.4. The summed E-state index contributed by atoms with van der Waals surface area (Å²) in [6.45, 7) is 24.6. The monoisotopic (exact) mass is 706 g/mol. The first-order valence-electron chi connectivity index (χ1n) is 17.0. The smallest absolute Gasteiger partial charge is 0.334 e. The Kier molecular flexibility index (Phi) is 14.3. The third-order valence-corrected chi connectivity index (χ3v) is 10.3. The Bertz CT molecular complexity index is 1560. The van der Waals surface area contributed by atoms with Crippen LogP contribution in [0.3, 0.4) is 0 Å². The van der Waals surface area contributed by atoms with E-state index in [0.29, 0.717) is 23.7 Å². The average Bonchev–Trinajstić information content (AvgIpc) is 3.02. The van der Waals surface area contributed by atoms with Gasteiger partial charge in [-0.25, -0.2) is 4.31 Å². The highest BCUT2D eigenvalue weighted by molar-refractivity contribution is 7.53. The second-order valence-corrected chi connectivity index (χ2v) is 16.6. The number of aliphatic hydroxyl groups is 1. The molecule has 6 nitrogen and oxygen atoms in total. The maximum atomic E-state index is 13.3. The molecule has 0 amide bonds. The lowest BCUT2D eigenvalue weighted by molar-refractivity contribution is -0.0249. The fourth-order valence-corrected chi connectivity index (χ4v) is 6.93. The van der Waals surface area contributed by atoms with E-state index < -0.39 is 28.2 Å². The standard InChI is InChI=1S/C41H52O.H4O5P2/c1-26(2)30-20-22-32(36(24-30)28(5)6)34-16-12-14-18-38(34)41(42,40(9,10)11)39-19-15-13-17-35(39)33-23-21-31(27(3)4)25-37(33)29(7)8;1-6(2)5-7(3)4/h12-29,42H,1-11H3;1-4H. The maximum absolute atomic E-state index is 13.3. The molecule has 0 unspecified atom stereocenters. The van der Waals surface area contributed by atoms with E-state index in [4.69, 9.17) is 19.6 Å². The molecule has 266 valence electrons. The number of benzene rings is 4. The summed E-state index contributed by atoms with van der Waals surface area (Å²) in [7, 11) is -5.22. The number of hydrogen-bond donors (Lipinski definition) is 5. The molecule has 0 bridgehead atoms. The average molecular weight is 707 g/mol. The van der Waals surface area contributed by atoms with Crippen LogP contribution in [0, 0.1) is 5.41 Å². The second kappa shape index (κ2) is 17.1. The summed E-state index contributed by atoms with van der Waals surface area (Å²) < 4.78 is 3.60. The highest BCUT2D eigenvalue weighted by atomic mass is 31.2. The van der Waals surface area contributed by atoms with Gasteiger partial charge in [0.2, 0.25) is 0 Å². The zero-order valence-electron chi connectivity index (χ0n) is 30.9. The van der Waals surface area contributed by atoms with Crippen LogP contribution in [-0.4, -0.2) is 24.7 Å². The summed E-state index contributed by atoms with van der Waals surface area (Å²) in [5, 5.41) is 13.3. The molecule has 0 spiro atoms. The van der Waals surface area contributed by atoms with Gasteiger partial charge in [0.05, 0.1) is 0 Å². The third kappa shape index (κ3) is 9.64. The summed E-state index contributed by atoms with van der Waals surface area (Å²) in [6.07, 6.45) is 0. The van der Waals surface area contributed by atoms with Crippen LogP contribution in [-0.2, 0) is 9.91 Å². The van der Waals surface area contributed by atoms with E-state index in [1.54, 1.807) is 0 Å². The fourth-order valence-electron chi connectivity index (χ4n) is 6.41. The van der Waals surface area contributed by atoms with Gasteiger partial charge in [0.1, 0.15) is 5.60 Å². The molecule has 0 saturated heterocycles. The lowest BCUT2D eigenvalue weighted by atomic mass is 9.65. The maximum Gasteiger partial charge on any atom is 0.334 e. The van der Waals surface area contributed by atoms with Crippen molar-refractivity contribution in [2.75, 3.05) is 0 Å². The SMILES string of the molecule is CC(C)c1ccc(-c2ccccc2C(O)(c2ccccc2-c2ccc(C(C)C)cc2C(C)C)C(C)(C)C)c(C(C)C)c1.OP(O)OP(O)O. The molecule has 8 heteroatoms. The van der Waals surface area contributed by atoms with E-state index in [9.17, 15) is 5.11 Å². The molecule has 49 heavy (non-hydrogen) atoms. The quantitative estimate of drug-likeness (QED) is 0.105. The van der Waals surface area contributed by atoms with E-state index in [1.807, 2.05) is 0 Å². The van der Waals surface area contributed by atoms with Crippen molar-refractivity contribution in [1.29, 1.82) is 0 Å². The molecular weight excluding hydrogens is 650 g/mol. The molecule has 4 aromatic rings. The Hall–Kier alpha value is -2.50. The largest absolute Gasteiger partial charge is 0.380 e. The highest BCUT2D eigenvalue weighted by Gasteiger charge is 2.46. The van der Waals surface area contributed by atoms with Crippen LogP contribution in [0.1, 0.15) is 133 Å². The second-order valence-electron chi connectivity index (χ2n) is 15.0. The van der Waals surface area contributed by atoms with Gasteiger partial charge in [-0.2, -0.15) is 0 Å². The summed E-state index contributed by atoms with van der Waals surface area (Å²) in [6, 6.07) is 30.9. The zero-order chi connectivity index (χ0) is 36.8. The van der Waals surface area contributed by atoms with Crippen molar-refractivity contribution >= 4 is 17.2 Å². The lowest BCUT2D eigenvalue weighted by Crippen LogP contribution is -2.42. The van der Waals surface area contributed by atoms with Crippen molar-refractivity contribution in [3.05, 3.63) is 118 Å². The van der Waals surface area contributed by atoms with Gasteiger partial charge in [0.15, 0.2) is 0 Å². The normalized spacial score (nSPS) is 12.4. The minimum Gasteiger partial charge on any atom is -0.380 e. The Morgan fingerprint density at radius 3 is 1.10 bits per heavy atom. The Balaban J connectivity index is 0.000000838. The van der Waals surface area contributed by atoms with Gasteiger partial charge in [-0.05, 0) is 84.7 Å². The van der Waals surface area contributed by atoms with Crippen LogP contribution in [0.15, 0.2) is 84.9 Å². The minimum absolute atomic E-state index is 0.356. The van der Waals surface area contributed by atoms with Crippen molar-refractivity contribution < 1.29 is 29.0 Å². The summed E-state index contributed by atoms with van der Waals surface area (Å²) in [4.78, 5) is 31.3. The number of hydrogen-bond acceptors (Lipinski definition) is 6. The van der Waals surface area contributed by atoms with Crippen molar-refractivity contribution in [1.82, 2.24) is 0 Å². The van der Waals surface area contributed by atoms with Crippen LogP contribution in [0.25, 0.3) is 22.3 Å². The highest BCUT2D eigenvalue weighted by Crippen LogP contribution is 2.52. The summed E-state index contributed by atoms with van der Waals surface area (Å²) >= 11 is 0. The van der Waals surface area contributed by atoms with E-state index in [1.165, 1.54) is 33.4 Å². The molecule has 0 aliphatic rings. The van der Waals surface area contributed by atoms with Crippen LogP contribution >= 0.6 is 17.2 Å². The Morgan fingerprint density at radius 1 is 0.490 bits per heavy atom. The fraction of sp³-hybridized carbons (Fsp3) is 0.415. The summed E-state index contributed by atoms with van der Waals surface area (Å²) in [5.74, 6) is 1.63. The van der Waals surface area contributed by atoms with Crippen molar-refractivity contribution in [3.8, 4) is 22.3 Å². The van der Waals surface area contributed by atoms with Crippen LogP contribution in [0.4, 0.5) is 0 Å². The van der Waals surface area contributed by atoms with E-state index in [2.05, 4.69) is 165 Å². The molecule has 0 aliphatic carbocycles. The minimum atomic E-state index is -2.61. The van der Waals surface area contributed by atoms with E-state index >= 15 is 0 Å². The Morgan fingerprint density at radius 2 is 0.837 bits per heavy atom. The molecule has 4 rings (SSSR count). The lowest BCUT2D eigenvalue weighted by Gasteiger charge is -2.44. The van der Waals surface area contributed by atoms with Gasteiger partial charge >= 0.3 is 17.2 Å². The van der Waals surface area contributed by atoms with Crippen molar-refractivity contribution in [2.45, 2.75) is 105 Å². The molecule has 0 saturated carbocycles. The van der Waals surface area contributed by atoms with Crippen LogP contribution in [0.5, 0.6) is 0 Å². The van der Waals surface area contributed by atoms with Gasteiger partial charge in [-0.15, -0.1) is 0 Å². The van der Waals surface area contributed by atoms with Gasteiger partial charge in [-0.1, -0.05) is 161 Å². The van der Waals surface area contributed by atoms with Crippen molar-refractivity contribution in [2.24, 2.45) is 5.41 Å². The molecule has 0 fully saturated rings. The molecule has 0 radical (unpaired) electrons. The Labute approximate surface area is 296 Å². The molecule has 0 aliphatic heterocycles. The van der Waals surface area contributed by atoms with Gasteiger partial charge in [0, 0.05) is 0 Å². The van der Waals surface area contributed by atoms with Crippen molar-refractivity contribution in [3.63, 3.8) is 0 Å². The third-order valence-electron chi connectivity index (χ3n) is 9.17. The predicted octanol–water partition coefficient (Wildman–Crippen LogP) is 11.2. The number of rotatable bonds is 10. The van der Waals surface area contributed by atoms with Gasteiger partial charge < -0.3 is 24.7 Å². The van der Waals surface area contributed by atoms with E-state index in [-0.39, 0.29) is 0 Å². The summed E-state index contributed by atoms with van der Waals surface area (Å²) in [5.41, 5.74) is 10.1. The first kappa shape index (κ1) is 40.9. The molecule has 0 aromatic heterocycles. The molecule has 4 aromatic carbocycles. The molecule has 0 heterocycles. The van der Waals surface area contributed by atoms with Crippen LogP contribution < -0.4 is 0 Å². The topological polar surface area (TPSA) is 110 Å². The predicted molar refractivity (Wildman–Crippen MR) is 206 cm³/mol. The molecule has 0 atom stereocenters. The molecule has 5 N–H and O–H groups in total. The van der Waals surface area contributed by atoms with Gasteiger partial charge in [0.25, 0.3) is 0 Å². The van der Waals surface area contributed by atoms with Gasteiger partial charge in [-0.3, -0.25) is 0 Å². The van der Waals surface area contributed by atoms with E-state index in [0.717, 1.165) is 22.3 Å². The zero-order valence-corrected chi connectivity index (χ0v) is 32.7. The first-order chi connectivity index (χ1) is 22.8.